The molecule has 1 aliphatic rings. The number of piperidine rings is 1. The summed E-state index contributed by atoms with van der Waals surface area (Å²) in [6.45, 7) is 2.75. The van der Waals surface area contributed by atoms with Gasteiger partial charge in [-0.05, 0) is 54.8 Å². The van der Waals surface area contributed by atoms with Gasteiger partial charge in [-0.3, -0.25) is 0 Å². The van der Waals surface area contributed by atoms with E-state index in [0.717, 1.165) is 25.9 Å². The van der Waals surface area contributed by atoms with E-state index in [2.05, 4.69) is 27.9 Å². The number of likely N-dealkylation sites (tertiary alicyclic amines) is 1. The van der Waals surface area contributed by atoms with Crippen LogP contribution in [0.4, 0.5) is 0 Å². The van der Waals surface area contributed by atoms with Gasteiger partial charge in [0.2, 0.25) is 10.0 Å². The van der Waals surface area contributed by atoms with Crippen LogP contribution in [-0.2, 0) is 16.6 Å². The molecule has 6 nitrogen and oxygen atoms in total. The summed E-state index contributed by atoms with van der Waals surface area (Å²) >= 11 is 3.16. The van der Waals surface area contributed by atoms with E-state index in [1.165, 1.54) is 10.4 Å². The third-order valence-electron chi connectivity index (χ3n) is 3.95. The topological polar surface area (TPSA) is 79.8 Å². The number of nitrogens with two attached hydrogens (primary N) is 1. The average molecular weight is 380 g/mol. The summed E-state index contributed by atoms with van der Waals surface area (Å²) in [7, 11) is 0.163. The van der Waals surface area contributed by atoms with Gasteiger partial charge in [0.1, 0.15) is 10.7 Å². The number of nitrogens with zero attached hydrogens (tertiary/aromatic N) is 2. The molecule has 1 aromatic heterocycles. The molecule has 0 bridgehead atoms. The molecule has 0 amide bonds. The van der Waals surface area contributed by atoms with E-state index in [1.807, 2.05) is 0 Å². The zero-order valence-corrected chi connectivity index (χ0v) is 14.8. The third kappa shape index (κ3) is 3.87. The van der Waals surface area contributed by atoms with Gasteiger partial charge in [-0.25, -0.2) is 12.7 Å². The standard InChI is InChI=1S/C13H22BrN3O3S/c1-16-5-3-10(4-6-16)9-17(2)21(18,19)12-7-11(8-15)20-13(12)14/h7,10H,3-6,8-9,15H2,1-2H3. The van der Waals surface area contributed by atoms with Gasteiger partial charge in [0.25, 0.3) is 0 Å². The van der Waals surface area contributed by atoms with Crippen molar-refractivity contribution in [3.8, 4) is 0 Å². The Morgan fingerprint density at radius 3 is 2.62 bits per heavy atom. The van der Waals surface area contributed by atoms with Crippen LogP contribution in [0, 0.1) is 5.92 Å². The molecule has 0 spiro atoms. The van der Waals surface area contributed by atoms with Crippen molar-refractivity contribution in [2.75, 3.05) is 33.7 Å². The van der Waals surface area contributed by atoms with E-state index in [1.54, 1.807) is 7.05 Å². The monoisotopic (exact) mass is 379 g/mol. The third-order valence-corrected chi connectivity index (χ3v) is 6.63. The van der Waals surface area contributed by atoms with Gasteiger partial charge in [-0.2, -0.15) is 0 Å². The molecule has 8 heteroatoms. The van der Waals surface area contributed by atoms with Gasteiger partial charge >= 0.3 is 0 Å². The number of hydrogen-bond acceptors (Lipinski definition) is 5. The van der Waals surface area contributed by atoms with Crippen molar-refractivity contribution in [3.05, 3.63) is 16.5 Å². The lowest BCUT2D eigenvalue weighted by atomic mass is 9.97. The molecule has 1 saturated heterocycles. The molecule has 0 unspecified atom stereocenters. The van der Waals surface area contributed by atoms with E-state index in [0.29, 0.717) is 18.2 Å². The Morgan fingerprint density at radius 2 is 2.10 bits per heavy atom. The summed E-state index contributed by atoms with van der Waals surface area (Å²) in [5, 5.41) is 0. The minimum Gasteiger partial charge on any atom is -0.452 e. The van der Waals surface area contributed by atoms with Crippen LogP contribution in [0.1, 0.15) is 18.6 Å². The van der Waals surface area contributed by atoms with Crippen molar-refractivity contribution in [2.24, 2.45) is 11.7 Å². The lowest BCUT2D eigenvalue weighted by Gasteiger charge is -2.31. The predicted octanol–water partition coefficient (Wildman–Crippen LogP) is 1.46. The molecule has 0 atom stereocenters. The Kier molecular flexibility index (Phi) is 5.48. The van der Waals surface area contributed by atoms with Crippen LogP contribution in [0.2, 0.25) is 0 Å². The number of furan rings is 1. The van der Waals surface area contributed by atoms with Gasteiger partial charge in [0, 0.05) is 19.7 Å². The maximum Gasteiger partial charge on any atom is 0.247 e. The van der Waals surface area contributed by atoms with Crippen molar-refractivity contribution in [1.29, 1.82) is 0 Å². The zero-order chi connectivity index (χ0) is 15.6. The molecule has 2 N–H and O–H groups in total. The minimum absolute atomic E-state index is 0.151. The molecular weight excluding hydrogens is 358 g/mol. The lowest BCUT2D eigenvalue weighted by molar-refractivity contribution is 0.202. The highest BCUT2D eigenvalue weighted by Crippen LogP contribution is 2.29. The van der Waals surface area contributed by atoms with Crippen molar-refractivity contribution in [3.63, 3.8) is 0 Å². The molecule has 1 aromatic rings. The number of sulfonamides is 1. The average Bonchev–Trinajstić information content (AvgIpc) is 2.83. The van der Waals surface area contributed by atoms with Crippen LogP contribution in [0.15, 0.2) is 20.0 Å². The highest BCUT2D eigenvalue weighted by atomic mass is 79.9. The first-order valence-corrected chi connectivity index (χ1v) is 9.21. The van der Waals surface area contributed by atoms with Gasteiger partial charge in [0.05, 0.1) is 6.54 Å². The first kappa shape index (κ1) is 17.0. The summed E-state index contributed by atoms with van der Waals surface area (Å²) in [4.78, 5) is 2.42. The second-order valence-electron chi connectivity index (χ2n) is 5.59. The van der Waals surface area contributed by atoms with Crippen LogP contribution in [0.3, 0.4) is 0 Å². The van der Waals surface area contributed by atoms with E-state index in [-0.39, 0.29) is 16.1 Å². The Balaban J connectivity index is 2.09. The molecule has 2 rings (SSSR count). The molecule has 0 aromatic carbocycles. The quantitative estimate of drug-likeness (QED) is 0.837. The smallest absolute Gasteiger partial charge is 0.247 e. The second kappa shape index (κ2) is 6.78. The Bertz CT molecular complexity index is 579. The summed E-state index contributed by atoms with van der Waals surface area (Å²) < 4.78 is 32.1. The number of halogens is 1. The molecule has 1 fully saturated rings. The van der Waals surface area contributed by atoms with Crippen LogP contribution >= 0.6 is 15.9 Å². The normalized spacial score (nSPS) is 18.5. The second-order valence-corrected chi connectivity index (χ2v) is 8.32. The first-order chi connectivity index (χ1) is 9.84. The maximum atomic E-state index is 12.6. The van der Waals surface area contributed by atoms with Crippen molar-refractivity contribution < 1.29 is 12.8 Å². The highest BCUT2D eigenvalue weighted by molar-refractivity contribution is 9.10. The van der Waals surface area contributed by atoms with Crippen LogP contribution in [-0.4, -0.2) is 51.4 Å². The van der Waals surface area contributed by atoms with Gasteiger partial charge < -0.3 is 15.1 Å². The van der Waals surface area contributed by atoms with Gasteiger partial charge in [0.15, 0.2) is 4.67 Å². The fourth-order valence-corrected chi connectivity index (χ4v) is 4.75. The van der Waals surface area contributed by atoms with Crippen LogP contribution < -0.4 is 5.73 Å². The fourth-order valence-electron chi connectivity index (χ4n) is 2.55. The predicted molar refractivity (Wildman–Crippen MR) is 84.3 cm³/mol. The van der Waals surface area contributed by atoms with E-state index < -0.39 is 10.0 Å². The SMILES string of the molecule is CN1CCC(CN(C)S(=O)(=O)c2cc(CN)oc2Br)CC1. The van der Waals surface area contributed by atoms with Crippen LogP contribution in [0.5, 0.6) is 0 Å². The Labute approximate surface area is 134 Å². The fraction of sp³-hybridized carbons (Fsp3) is 0.692. The van der Waals surface area contributed by atoms with Crippen molar-refractivity contribution in [2.45, 2.75) is 24.3 Å². The van der Waals surface area contributed by atoms with E-state index >= 15 is 0 Å². The Morgan fingerprint density at radius 1 is 1.48 bits per heavy atom. The molecule has 0 radical (unpaired) electrons. The van der Waals surface area contributed by atoms with E-state index in [4.69, 9.17) is 10.2 Å². The molecule has 1 aliphatic heterocycles. The van der Waals surface area contributed by atoms with Crippen molar-refractivity contribution in [1.82, 2.24) is 9.21 Å². The number of rotatable bonds is 5. The van der Waals surface area contributed by atoms with Gasteiger partial charge in [-0.1, -0.05) is 0 Å². The molecule has 120 valence electrons. The van der Waals surface area contributed by atoms with E-state index in [9.17, 15) is 8.42 Å². The number of hydrogen-bond donors (Lipinski definition) is 1. The lowest BCUT2D eigenvalue weighted by Crippen LogP contribution is -2.37. The molecule has 0 aliphatic carbocycles. The first-order valence-electron chi connectivity index (χ1n) is 6.97. The van der Waals surface area contributed by atoms with Gasteiger partial charge in [-0.15, -0.1) is 0 Å². The Hall–Kier alpha value is -0.410. The molecular formula is C13H22BrN3O3S. The van der Waals surface area contributed by atoms with Crippen LogP contribution in [0.25, 0.3) is 0 Å². The molecule has 0 saturated carbocycles. The summed E-state index contributed by atoms with van der Waals surface area (Å²) in [5.41, 5.74) is 5.49. The largest absolute Gasteiger partial charge is 0.452 e. The molecule has 2 heterocycles. The summed E-state index contributed by atoms with van der Waals surface area (Å²) in [6.07, 6.45) is 2.05. The summed E-state index contributed by atoms with van der Waals surface area (Å²) in [6, 6.07) is 1.49. The molecule has 21 heavy (non-hydrogen) atoms. The minimum atomic E-state index is -3.55. The highest BCUT2D eigenvalue weighted by Gasteiger charge is 2.29. The summed E-state index contributed by atoms with van der Waals surface area (Å²) in [5.74, 6) is 0.855. The van der Waals surface area contributed by atoms with Crippen molar-refractivity contribution >= 4 is 26.0 Å². The maximum absolute atomic E-state index is 12.6. The zero-order valence-electron chi connectivity index (χ0n) is 12.4.